The van der Waals surface area contributed by atoms with Crippen LogP contribution >= 0.6 is 39.9 Å². The van der Waals surface area contributed by atoms with E-state index >= 15 is 0 Å². The fraction of sp³-hybridized carbons (Fsp3) is 0.333. The molecule has 0 bridgehead atoms. The number of methoxy groups -OCH3 is 2. The van der Waals surface area contributed by atoms with Crippen LogP contribution in [0.25, 0.3) is 0 Å². The highest BCUT2D eigenvalue weighted by atomic mass is 79.9. The number of thiocarbonyl (C=S) groups is 1. The van der Waals surface area contributed by atoms with E-state index in [9.17, 15) is 4.79 Å². The first-order valence-electron chi connectivity index (χ1n) is 9.11. The van der Waals surface area contributed by atoms with E-state index in [1.807, 2.05) is 43.3 Å². The highest BCUT2D eigenvalue weighted by Crippen LogP contribution is 2.38. The molecule has 29 heavy (non-hydrogen) atoms. The number of hydrogen-bond donors (Lipinski definition) is 0. The second-order valence-corrected chi connectivity index (χ2v) is 9.08. The first-order chi connectivity index (χ1) is 14.0. The van der Waals surface area contributed by atoms with Gasteiger partial charge in [0.25, 0.3) is 0 Å². The maximum Gasteiger partial charge on any atom is 0.242 e. The summed E-state index contributed by atoms with van der Waals surface area (Å²) in [6.45, 7) is 2.91. The van der Waals surface area contributed by atoms with Gasteiger partial charge in [0.15, 0.2) is 11.5 Å². The van der Waals surface area contributed by atoms with E-state index in [4.69, 9.17) is 26.4 Å². The maximum atomic E-state index is 13.0. The van der Waals surface area contributed by atoms with Crippen LogP contribution in [0.4, 0.5) is 0 Å². The number of rotatable bonds is 8. The number of hydrogen-bond acceptors (Lipinski definition) is 6. The third-order valence-corrected chi connectivity index (χ3v) is 6.67. The maximum absolute atomic E-state index is 13.0. The van der Waals surface area contributed by atoms with Gasteiger partial charge in [-0.25, -0.2) is 0 Å². The van der Waals surface area contributed by atoms with E-state index in [1.54, 1.807) is 19.1 Å². The summed E-state index contributed by atoms with van der Waals surface area (Å²) in [6, 6.07) is 11.5. The number of ether oxygens (including phenoxy) is 3. The largest absolute Gasteiger partial charge is 0.497 e. The van der Waals surface area contributed by atoms with Crippen LogP contribution in [0.1, 0.15) is 18.1 Å². The van der Waals surface area contributed by atoms with E-state index in [2.05, 4.69) is 15.9 Å². The summed E-state index contributed by atoms with van der Waals surface area (Å²) in [4.78, 5) is 14.7. The third kappa shape index (κ3) is 5.05. The van der Waals surface area contributed by atoms with E-state index in [0.29, 0.717) is 35.4 Å². The van der Waals surface area contributed by atoms with E-state index < -0.39 is 0 Å². The average molecular weight is 496 g/mol. The molecule has 1 fully saturated rings. The van der Waals surface area contributed by atoms with Crippen molar-refractivity contribution in [3.05, 3.63) is 52.0 Å². The van der Waals surface area contributed by atoms with Gasteiger partial charge in [0, 0.05) is 0 Å². The van der Waals surface area contributed by atoms with Crippen molar-refractivity contribution in [2.75, 3.05) is 20.8 Å². The smallest absolute Gasteiger partial charge is 0.242 e. The van der Waals surface area contributed by atoms with Gasteiger partial charge in [-0.05, 0) is 64.7 Å². The molecule has 154 valence electrons. The molecule has 0 aromatic heterocycles. The Hall–Kier alpha value is -1.77. The van der Waals surface area contributed by atoms with E-state index in [0.717, 1.165) is 21.3 Å². The molecule has 2 aromatic carbocycles. The first kappa shape index (κ1) is 21.9. The lowest BCUT2D eigenvalue weighted by Crippen LogP contribution is -2.31. The Morgan fingerprint density at radius 3 is 2.48 bits per heavy atom. The predicted octanol–water partition coefficient (Wildman–Crippen LogP) is 4.84. The van der Waals surface area contributed by atoms with E-state index in [1.165, 1.54) is 11.8 Å². The number of nitrogens with zero attached hydrogens (tertiary/aromatic N) is 1. The van der Waals surface area contributed by atoms with Gasteiger partial charge < -0.3 is 14.2 Å². The molecule has 1 atom stereocenters. The van der Waals surface area contributed by atoms with Crippen LogP contribution in [0.5, 0.6) is 17.2 Å². The Kier molecular flexibility index (Phi) is 7.43. The average Bonchev–Trinajstić information content (AvgIpc) is 2.96. The van der Waals surface area contributed by atoms with E-state index in [-0.39, 0.29) is 11.2 Å². The minimum atomic E-state index is -0.254. The van der Waals surface area contributed by atoms with Gasteiger partial charge in [0.1, 0.15) is 10.1 Å². The molecule has 0 aliphatic carbocycles. The molecule has 1 aliphatic heterocycles. The van der Waals surface area contributed by atoms with Crippen molar-refractivity contribution in [3.63, 3.8) is 0 Å². The molecule has 8 heteroatoms. The lowest BCUT2D eigenvalue weighted by Gasteiger charge is -2.16. The van der Waals surface area contributed by atoms with Gasteiger partial charge in [-0.3, -0.25) is 9.69 Å². The van der Waals surface area contributed by atoms with Gasteiger partial charge in [-0.1, -0.05) is 36.1 Å². The van der Waals surface area contributed by atoms with Crippen molar-refractivity contribution in [2.24, 2.45) is 0 Å². The van der Waals surface area contributed by atoms with Crippen molar-refractivity contribution in [2.45, 2.75) is 25.1 Å². The van der Waals surface area contributed by atoms with Crippen LogP contribution < -0.4 is 14.2 Å². The summed E-state index contributed by atoms with van der Waals surface area (Å²) in [5.41, 5.74) is 2.00. The minimum Gasteiger partial charge on any atom is -0.497 e. The van der Waals surface area contributed by atoms with Crippen LogP contribution in [0.3, 0.4) is 0 Å². The van der Waals surface area contributed by atoms with Gasteiger partial charge in [-0.2, -0.15) is 0 Å². The van der Waals surface area contributed by atoms with Crippen LogP contribution in [0.15, 0.2) is 40.9 Å². The van der Waals surface area contributed by atoms with Gasteiger partial charge in [0.05, 0.1) is 37.1 Å². The summed E-state index contributed by atoms with van der Waals surface area (Å²) in [7, 11) is 3.23. The molecule has 0 spiro atoms. The lowest BCUT2D eigenvalue weighted by atomic mass is 10.1. The number of halogens is 1. The zero-order chi connectivity index (χ0) is 21.0. The van der Waals surface area contributed by atoms with Crippen LogP contribution in [-0.4, -0.2) is 41.2 Å². The molecule has 1 aliphatic rings. The first-order valence-corrected chi connectivity index (χ1v) is 11.2. The van der Waals surface area contributed by atoms with Crippen LogP contribution in [-0.2, 0) is 17.8 Å². The molecule has 0 unspecified atom stereocenters. The fourth-order valence-corrected chi connectivity index (χ4v) is 5.28. The Morgan fingerprint density at radius 2 is 1.86 bits per heavy atom. The Labute approximate surface area is 188 Å². The molecular weight excluding hydrogens is 474 g/mol. The number of thioether (sulfide) groups is 1. The number of carbonyl (C=O) groups excluding carboxylic acids is 1. The standard InChI is InChI=1S/C21H22BrNO4S2/c1-4-27-17-10-14(9-16(22)19(17)26-3)11-18-20(24)23(21(28)29-18)12-13-5-7-15(25-2)8-6-13/h5-10,18H,4,11-12H2,1-3H3/t18-/m0/s1. The number of amides is 1. The molecule has 0 N–H and O–H groups in total. The van der Waals surface area contributed by atoms with Crippen molar-refractivity contribution in [1.82, 2.24) is 4.90 Å². The normalized spacial score (nSPS) is 16.3. The van der Waals surface area contributed by atoms with Crippen molar-refractivity contribution >= 4 is 50.1 Å². The molecule has 0 saturated carbocycles. The summed E-state index contributed by atoms with van der Waals surface area (Å²) < 4.78 is 17.7. The molecule has 3 rings (SSSR count). The highest BCUT2D eigenvalue weighted by Gasteiger charge is 2.37. The van der Waals surface area contributed by atoms with Gasteiger partial charge in [0.2, 0.25) is 5.91 Å². The summed E-state index contributed by atoms with van der Waals surface area (Å²) in [5, 5.41) is -0.254. The van der Waals surface area contributed by atoms with Crippen LogP contribution in [0.2, 0.25) is 0 Å². The minimum absolute atomic E-state index is 0.0284. The lowest BCUT2D eigenvalue weighted by molar-refractivity contribution is -0.126. The summed E-state index contributed by atoms with van der Waals surface area (Å²) in [5.74, 6) is 2.12. The fourth-order valence-electron chi connectivity index (χ4n) is 3.10. The molecule has 1 amide bonds. The topological polar surface area (TPSA) is 48.0 Å². The van der Waals surface area contributed by atoms with Gasteiger partial charge in [-0.15, -0.1) is 0 Å². The summed E-state index contributed by atoms with van der Waals surface area (Å²) in [6.07, 6.45) is 0.561. The molecule has 0 radical (unpaired) electrons. The zero-order valence-corrected chi connectivity index (χ0v) is 19.7. The van der Waals surface area contributed by atoms with Crippen molar-refractivity contribution in [1.29, 1.82) is 0 Å². The van der Waals surface area contributed by atoms with Crippen molar-refractivity contribution in [3.8, 4) is 17.2 Å². The molecule has 1 saturated heterocycles. The SMILES string of the molecule is CCOc1cc(C[C@@H]2SC(=S)N(Cc3ccc(OC)cc3)C2=O)cc(Br)c1OC. The Morgan fingerprint density at radius 1 is 1.14 bits per heavy atom. The van der Waals surface area contributed by atoms with Gasteiger partial charge >= 0.3 is 0 Å². The Balaban J connectivity index is 1.74. The highest BCUT2D eigenvalue weighted by molar-refractivity contribution is 9.10. The molecule has 5 nitrogen and oxygen atoms in total. The monoisotopic (exact) mass is 495 g/mol. The second-order valence-electron chi connectivity index (χ2n) is 6.39. The molecule has 1 heterocycles. The number of carbonyl (C=O) groups is 1. The molecular formula is C21H22BrNO4S2. The summed E-state index contributed by atoms with van der Waals surface area (Å²) >= 11 is 10.4. The zero-order valence-electron chi connectivity index (χ0n) is 16.4. The second kappa shape index (κ2) is 9.82. The number of benzene rings is 2. The van der Waals surface area contributed by atoms with Crippen LogP contribution in [0, 0.1) is 0 Å². The third-order valence-electron chi connectivity index (χ3n) is 4.50. The molecule has 2 aromatic rings. The quantitative estimate of drug-likeness (QED) is 0.488. The predicted molar refractivity (Wildman–Crippen MR) is 123 cm³/mol. The van der Waals surface area contributed by atoms with Crippen molar-refractivity contribution < 1.29 is 19.0 Å². The Bertz CT molecular complexity index is 904.